The minimum absolute atomic E-state index is 0.168. The van der Waals surface area contributed by atoms with Crippen molar-refractivity contribution in [3.8, 4) is 11.5 Å². The number of aliphatic hydroxyl groups is 1. The van der Waals surface area contributed by atoms with Crippen molar-refractivity contribution in [2.45, 2.75) is 20.0 Å². The minimum atomic E-state index is -0.492. The lowest BCUT2D eigenvalue weighted by Gasteiger charge is -2.16. The third kappa shape index (κ3) is 2.86. The van der Waals surface area contributed by atoms with Crippen LogP contribution in [0.4, 0.5) is 0 Å². The van der Waals surface area contributed by atoms with E-state index in [1.807, 2.05) is 26.0 Å². The van der Waals surface area contributed by atoms with Gasteiger partial charge in [0, 0.05) is 6.07 Å². The lowest BCUT2D eigenvalue weighted by Crippen LogP contribution is -2.05. The molecule has 0 aromatic heterocycles. The highest BCUT2D eigenvalue weighted by Gasteiger charge is 2.14. The van der Waals surface area contributed by atoms with Gasteiger partial charge in [-0.2, -0.15) is 0 Å². The Morgan fingerprint density at radius 3 is 1.80 bits per heavy atom. The van der Waals surface area contributed by atoms with Gasteiger partial charge in [0.05, 0.1) is 20.3 Å². The first kappa shape index (κ1) is 11.9. The average Bonchev–Trinajstić information content (AvgIpc) is 2.27. The van der Waals surface area contributed by atoms with Gasteiger partial charge in [0.1, 0.15) is 11.5 Å². The van der Waals surface area contributed by atoms with Crippen LogP contribution in [0.2, 0.25) is 0 Å². The zero-order valence-electron chi connectivity index (χ0n) is 9.65. The summed E-state index contributed by atoms with van der Waals surface area (Å²) in [6, 6.07) is 5.44. The number of hydrogen-bond donors (Lipinski definition) is 1. The summed E-state index contributed by atoms with van der Waals surface area (Å²) in [6.07, 6.45) is -0.492. The van der Waals surface area contributed by atoms with Crippen molar-refractivity contribution in [3.63, 3.8) is 0 Å². The summed E-state index contributed by atoms with van der Waals surface area (Å²) in [7, 11) is 3.20. The van der Waals surface area contributed by atoms with E-state index in [1.165, 1.54) is 0 Å². The highest BCUT2D eigenvalue weighted by atomic mass is 16.5. The molecule has 0 saturated heterocycles. The van der Waals surface area contributed by atoms with Crippen LogP contribution in [0.1, 0.15) is 25.5 Å². The molecule has 1 rings (SSSR count). The summed E-state index contributed by atoms with van der Waals surface area (Å²) in [4.78, 5) is 0. The highest BCUT2D eigenvalue weighted by Crippen LogP contribution is 2.29. The number of aliphatic hydroxyl groups excluding tert-OH is 1. The normalized spacial score (nSPS) is 12.7. The molecule has 0 aliphatic heterocycles. The topological polar surface area (TPSA) is 38.7 Å². The fourth-order valence-corrected chi connectivity index (χ4v) is 1.39. The number of ether oxygens (including phenoxy) is 2. The third-order valence-electron chi connectivity index (χ3n) is 2.35. The van der Waals surface area contributed by atoms with Crippen LogP contribution in [-0.4, -0.2) is 19.3 Å². The van der Waals surface area contributed by atoms with E-state index in [0.29, 0.717) is 11.5 Å². The first-order valence-electron chi connectivity index (χ1n) is 4.99. The monoisotopic (exact) mass is 210 g/mol. The van der Waals surface area contributed by atoms with Crippen LogP contribution in [0, 0.1) is 5.92 Å². The molecule has 0 amide bonds. The molecule has 0 heterocycles. The van der Waals surface area contributed by atoms with Crippen LogP contribution in [0.3, 0.4) is 0 Å². The molecule has 1 aromatic rings. The van der Waals surface area contributed by atoms with Gasteiger partial charge in [0.25, 0.3) is 0 Å². The molecule has 3 heteroatoms. The van der Waals surface area contributed by atoms with Crippen molar-refractivity contribution in [2.75, 3.05) is 14.2 Å². The molecule has 0 aliphatic carbocycles. The molecule has 1 atom stereocenters. The maximum absolute atomic E-state index is 9.93. The van der Waals surface area contributed by atoms with E-state index < -0.39 is 6.10 Å². The SMILES string of the molecule is COc1cc(OC)cc([C@H](O)C(C)C)c1. The van der Waals surface area contributed by atoms with Crippen molar-refractivity contribution in [3.05, 3.63) is 23.8 Å². The van der Waals surface area contributed by atoms with Crippen LogP contribution >= 0.6 is 0 Å². The largest absolute Gasteiger partial charge is 0.497 e. The highest BCUT2D eigenvalue weighted by molar-refractivity contribution is 5.39. The van der Waals surface area contributed by atoms with Crippen molar-refractivity contribution >= 4 is 0 Å². The Morgan fingerprint density at radius 2 is 1.47 bits per heavy atom. The zero-order valence-corrected chi connectivity index (χ0v) is 9.65. The Kier molecular flexibility index (Phi) is 3.97. The smallest absolute Gasteiger partial charge is 0.122 e. The maximum Gasteiger partial charge on any atom is 0.122 e. The Morgan fingerprint density at radius 1 is 1.00 bits per heavy atom. The molecule has 0 aliphatic rings. The number of rotatable bonds is 4. The Hall–Kier alpha value is -1.22. The van der Waals surface area contributed by atoms with Crippen molar-refractivity contribution in [1.82, 2.24) is 0 Å². The molecule has 3 nitrogen and oxygen atoms in total. The molecule has 15 heavy (non-hydrogen) atoms. The summed E-state index contributed by atoms with van der Waals surface area (Å²) in [5.41, 5.74) is 0.821. The summed E-state index contributed by atoms with van der Waals surface area (Å²) >= 11 is 0. The van der Waals surface area contributed by atoms with Gasteiger partial charge in [-0.15, -0.1) is 0 Å². The maximum atomic E-state index is 9.93. The van der Waals surface area contributed by atoms with E-state index in [-0.39, 0.29) is 5.92 Å². The lowest BCUT2D eigenvalue weighted by molar-refractivity contribution is 0.126. The molecule has 0 saturated carbocycles. The molecule has 1 N–H and O–H groups in total. The first-order chi connectivity index (χ1) is 7.08. The standard InChI is InChI=1S/C12H18O3/c1-8(2)12(13)9-5-10(14-3)7-11(6-9)15-4/h5-8,12-13H,1-4H3/t12-/m1/s1. The van der Waals surface area contributed by atoms with E-state index in [9.17, 15) is 5.11 Å². The van der Waals surface area contributed by atoms with Crippen LogP contribution in [0.15, 0.2) is 18.2 Å². The first-order valence-corrected chi connectivity index (χ1v) is 4.99. The summed E-state index contributed by atoms with van der Waals surface area (Å²) in [6.45, 7) is 3.94. The summed E-state index contributed by atoms with van der Waals surface area (Å²) in [5, 5.41) is 9.93. The van der Waals surface area contributed by atoms with Gasteiger partial charge >= 0.3 is 0 Å². The van der Waals surface area contributed by atoms with Gasteiger partial charge in [0.15, 0.2) is 0 Å². The quantitative estimate of drug-likeness (QED) is 0.829. The number of hydrogen-bond acceptors (Lipinski definition) is 3. The average molecular weight is 210 g/mol. The molecule has 0 bridgehead atoms. The van der Waals surface area contributed by atoms with Crippen LogP contribution in [0.5, 0.6) is 11.5 Å². The number of benzene rings is 1. The van der Waals surface area contributed by atoms with Gasteiger partial charge in [-0.05, 0) is 23.6 Å². The lowest BCUT2D eigenvalue weighted by atomic mass is 9.99. The van der Waals surface area contributed by atoms with Gasteiger partial charge in [-0.1, -0.05) is 13.8 Å². The Balaban J connectivity index is 3.06. The second-order valence-corrected chi connectivity index (χ2v) is 3.83. The van der Waals surface area contributed by atoms with Gasteiger partial charge < -0.3 is 14.6 Å². The second kappa shape index (κ2) is 5.03. The van der Waals surface area contributed by atoms with Crippen molar-refractivity contribution < 1.29 is 14.6 Å². The fraction of sp³-hybridized carbons (Fsp3) is 0.500. The van der Waals surface area contributed by atoms with Crippen LogP contribution in [-0.2, 0) is 0 Å². The summed E-state index contributed by atoms with van der Waals surface area (Å²) in [5.74, 6) is 1.56. The van der Waals surface area contributed by atoms with E-state index >= 15 is 0 Å². The molecule has 84 valence electrons. The fourth-order valence-electron chi connectivity index (χ4n) is 1.39. The molecular weight excluding hydrogens is 192 g/mol. The van der Waals surface area contributed by atoms with Gasteiger partial charge in [-0.3, -0.25) is 0 Å². The van der Waals surface area contributed by atoms with Crippen molar-refractivity contribution in [1.29, 1.82) is 0 Å². The minimum Gasteiger partial charge on any atom is -0.497 e. The molecule has 0 spiro atoms. The van der Waals surface area contributed by atoms with Crippen LogP contribution in [0.25, 0.3) is 0 Å². The van der Waals surface area contributed by atoms with E-state index in [4.69, 9.17) is 9.47 Å². The molecular formula is C12H18O3. The number of methoxy groups -OCH3 is 2. The van der Waals surface area contributed by atoms with Gasteiger partial charge in [0.2, 0.25) is 0 Å². The molecule has 1 aromatic carbocycles. The second-order valence-electron chi connectivity index (χ2n) is 3.83. The molecule has 0 unspecified atom stereocenters. The zero-order chi connectivity index (χ0) is 11.4. The van der Waals surface area contributed by atoms with E-state index in [0.717, 1.165) is 5.56 Å². The molecule has 0 radical (unpaired) electrons. The third-order valence-corrected chi connectivity index (χ3v) is 2.35. The molecule has 0 fully saturated rings. The Labute approximate surface area is 90.6 Å². The summed E-state index contributed by atoms with van der Waals surface area (Å²) < 4.78 is 10.3. The van der Waals surface area contributed by atoms with E-state index in [1.54, 1.807) is 20.3 Å². The van der Waals surface area contributed by atoms with Crippen molar-refractivity contribution in [2.24, 2.45) is 5.92 Å². The van der Waals surface area contributed by atoms with Crippen LogP contribution < -0.4 is 9.47 Å². The predicted octanol–water partition coefficient (Wildman–Crippen LogP) is 2.39. The van der Waals surface area contributed by atoms with E-state index in [2.05, 4.69) is 0 Å². The Bertz CT molecular complexity index is 298. The van der Waals surface area contributed by atoms with Gasteiger partial charge in [-0.25, -0.2) is 0 Å². The predicted molar refractivity (Wildman–Crippen MR) is 59.3 cm³/mol.